The smallest absolute Gasteiger partial charge is 0.263 e. The number of aliphatic hydroxyl groups excluding tert-OH is 1. The minimum Gasteiger partial charge on any atom is -0.396 e. The summed E-state index contributed by atoms with van der Waals surface area (Å²) in [7, 11) is 0. The number of unbranched alkanes of at least 4 members (excludes halogenated alkanes) is 2. The molecule has 0 saturated carbocycles. The van der Waals surface area contributed by atoms with Crippen molar-refractivity contribution in [3.05, 3.63) is 46.6 Å². The van der Waals surface area contributed by atoms with Gasteiger partial charge in [0, 0.05) is 30.9 Å². The Morgan fingerprint density at radius 2 is 2.00 bits per heavy atom. The van der Waals surface area contributed by atoms with E-state index in [4.69, 9.17) is 22.0 Å². The van der Waals surface area contributed by atoms with E-state index >= 15 is 0 Å². The zero-order chi connectivity index (χ0) is 16.2. The number of aliphatic hydroxyl groups is 1. The van der Waals surface area contributed by atoms with Gasteiger partial charge in [-0.05, 0) is 37.0 Å². The molecule has 1 aromatic carbocycles. The molecule has 0 unspecified atom stereocenters. The second-order valence-electron chi connectivity index (χ2n) is 4.72. The number of benzene rings is 1. The van der Waals surface area contributed by atoms with Gasteiger partial charge in [-0.2, -0.15) is 5.26 Å². The molecule has 1 aromatic rings. The molecule has 0 bridgehead atoms. The van der Waals surface area contributed by atoms with Gasteiger partial charge >= 0.3 is 0 Å². The van der Waals surface area contributed by atoms with E-state index in [1.54, 1.807) is 12.1 Å². The lowest BCUT2D eigenvalue weighted by Crippen LogP contribution is -2.25. The Bertz CT molecular complexity index is 535. The summed E-state index contributed by atoms with van der Waals surface area (Å²) in [6, 6.07) is 9.01. The van der Waals surface area contributed by atoms with Gasteiger partial charge in [-0.15, -0.1) is 0 Å². The van der Waals surface area contributed by atoms with Crippen LogP contribution in [0.15, 0.2) is 36.0 Å². The zero-order valence-electron chi connectivity index (χ0n) is 12.3. The first-order valence-electron chi connectivity index (χ1n) is 7.14. The molecule has 5 nitrogen and oxygen atoms in total. The van der Waals surface area contributed by atoms with E-state index in [1.807, 2.05) is 18.2 Å². The predicted octanol–water partition coefficient (Wildman–Crippen LogP) is 2.12. The molecule has 0 fully saturated rings. The van der Waals surface area contributed by atoms with E-state index in [-0.39, 0.29) is 12.2 Å². The molecule has 0 atom stereocenters. The Morgan fingerprint density at radius 3 is 2.64 bits per heavy atom. The Morgan fingerprint density at radius 1 is 1.27 bits per heavy atom. The summed E-state index contributed by atoms with van der Waals surface area (Å²) in [5.74, 6) is -0.416. The maximum absolute atomic E-state index is 11.9. The number of amides is 1. The first-order chi connectivity index (χ1) is 10.7. The summed E-state index contributed by atoms with van der Waals surface area (Å²) in [4.78, 5) is 11.9. The lowest BCUT2D eigenvalue weighted by Gasteiger charge is -2.05. The van der Waals surface area contributed by atoms with Crippen molar-refractivity contribution in [1.82, 2.24) is 10.6 Å². The van der Waals surface area contributed by atoms with Crippen LogP contribution in [0.2, 0.25) is 5.02 Å². The van der Waals surface area contributed by atoms with Crippen LogP contribution < -0.4 is 10.6 Å². The molecule has 0 spiro atoms. The largest absolute Gasteiger partial charge is 0.396 e. The van der Waals surface area contributed by atoms with E-state index in [2.05, 4.69) is 10.6 Å². The summed E-state index contributed by atoms with van der Waals surface area (Å²) >= 11 is 5.79. The zero-order valence-corrected chi connectivity index (χ0v) is 13.1. The van der Waals surface area contributed by atoms with Crippen LogP contribution in [0.4, 0.5) is 0 Å². The molecule has 0 aliphatic rings. The number of hydrogen-bond donors (Lipinski definition) is 3. The minimum atomic E-state index is -0.416. The van der Waals surface area contributed by atoms with Crippen LogP contribution in [0, 0.1) is 11.3 Å². The molecule has 0 saturated heterocycles. The Labute approximate surface area is 135 Å². The number of halogens is 1. The molecule has 118 valence electrons. The van der Waals surface area contributed by atoms with Crippen molar-refractivity contribution < 1.29 is 9.90 Å². The van der Waals surface area contributed by atoms with Gasteiger partial charge in [0.1, 0.15) is 11.6 Å². The Kier molecular flexibility index (Phi) is 8.73. The van der Waals surface area contributed by atoms with Gasteiger partial charge < -0.3 is 15.7 Å². The van der Waals surface area contributed by atoms with Gasteiger partial charge in [-0.25, -0.2) is 0 Å². The summed E-state index contributed by atoms with van der Waals surface area (Å²) in [6.45, 7) is 1.19. The van der Waals surface area contributed by atoms with E-state index in [9.17, 15) is 4.79 Å². The van der Waals surface area contributed by atoms with E-state index < -0.39 is 5.91 Å². The van der Waals surface area contributed by atoms with E-state index in [0.717, 1.165) is 24.8 Å². The number of carbonyl (C=O) groups excluding carboxylic acids is 1. The van der Waals surface area contributed by atoms with E-state index in [1.165, 1.54) is 6.20 Å². The van der Waals surface area contributed by atoms with Gasteiger partial charge in [0.15, 0.2) is 0 Å². The summed E-state index contributed by atoms with van der Waals surface area (Å²) in [6.07, 6.45) is 3.97. The molecular formula is C16H20ClN3O2. The minimum absolute atomic E-state index is 0.0381. The molecule has 0 aliphatic heterocycles. The van der Waals surface area contributed by atoms with Crippen LogP contribution in [-0.4, -0.2) is 24.2 Å². The second-order valence-corrected chi connectivity index (χ2v) is 5.15. The van der Waals surface area contributed by atoms with Crippen LogP contribution in [0.1, 0.15) is 24.8 Å². The van der Waals surface area contributed by atoms with Crippen LogP contribution >= 0.6 is 11.6 Å². The third-order valence-electron chi connectivity index (χ3n) is 2.96. The molecule has 3 N–H and O–H groups in total. The fourth-order valence-electron chi connectivity index (χ4n) is 1.72. The topological polar surface area (TPSA) is 85.2 Å². The summed E-state index contributed by atoms with van der Waals surface area (Å²) in [5, 5.41) is 23.9. The van der Waals surface area contributed by atoms with Crippen molar-refractivity contribution in [3.8, 4) is 6.07 Å². The van der Waals surface area contributed by atoms with Gasteiger partial charge in [-0.1, -0.05) is 23.7 Å². The van der Waals surface area contributed by atoms with Gasteiger partial charge in [0.2, 0.25) is 0 Å². The molecule has 1 amide bonds. The number of carbonyl (C=O) groups is 1. The van der Waals surface area contributed by atoms with Crippen molar-refractivity contribution in [2.45, 2.75) is 25.8 Å². The number of nitrogens with zero attached hydrogens (tertiary/aromatic N) is 1. The molecule has 0 aromatic heterocycles. The van der Waals surface area contributed by atoms with Crippen LogP contribution in [0.3, 0.4) is 0 Å². The Hall–Kier alpha value is -2.03. The highest BCUT2D eigenvalue weighted by atomic mass is 35.5. The van der Waals surface area contributed by atoms with Gasteiger partial charge in [0.25, 0.3) is 5.91 Å². The highest BCUT2D eigenvalue weighted by Gasteiger charge is 2.08. The van der Waals surface area contributed by atoms with Crippen LogP contribution in [0.5, 0.6) is 0 Å². The number of rotatable bonds is 9. The molecule has 0 heterocycles. The first-order valence-corrected chi connectivity index (χ1v) is 7.52. The third-order valence-corrected chi connectivity index (χ3v) is 3.21. The molecule has 0 radical (unpaired) electrons. The highest BCUT2D eigenvalue weighted by Crippen LogP contribution is 2.09. The Balaban J connectivity index is 2.37. The average Bonchev–Trinajstić information content (AvgIpc) is 2.53. The number of nitrogens with one attached hydrogen (secondary N) is 2. The molecule has 6 heteroatoms. The maximum Gasteiger partial charge on any atom is 0.263 e. The first kappa shape index (κ1) is 18.0. The monoisotopic (exact) mass is 321 g/mol. The third kappa shape index (κ3) is 7.11. The lowest BCUT2D eigenvalue weighted by atomic mass is 10.2. The molecule has 22 heavy (non-hydrogen) atoms. The second kappa shape index (κ2) is 10.7. The fraction of sp³-hybridized carbons (Fsp3) is 0.375. The predicted molar refractivity (Wildman–Crippen MR) is 85.9 cm³/mol. The van der Waals surface area contributed by atoms with Gasteiger partial charge in [-0.3, -0.25) is 4.79 Å². The fourth-order valence-corrected chi connectivity index (χ4v) is 1.84. The SMILES string of the molecule is N#C/C(=C/NCCCCCO)C(=O)NCc1ccc(Cl)cc1. The molecular weight excluding hydrogens is 302 g/mol. The van der Waals surface area contributed by atoms with E-state index in [0.29, 0.717) is 18.1 Å². The standard InChI is InChI=1S/C16H20ClN3O2/c17-15-6-4-13(5-7-15)11-20-16(22)14(10-18)12-19-8-2-1-3-9-21/h4-7,12,19,21H,1-3,8-9,11H2,(H,20,22)/b14-12-. The quantitative estimate of drug-likeness (QED) is 0.369. The van der Waals surface area contributed by atoms with Crippen molar-refractivity contribution in [1.29, 1.82) is 5.26 Å². The molecule has 0 aliphatic carbocycles. The molecule has 1 rings (SSSR count). The lowest BCUT2D eigenvalue weighted by molar-refractivity contribution is -0.117. The van der Waals surface area contributed by atoms with Crippen molar-refractivity contribution in [2.24, 2.45) is 0 Å². The van der Waals surface area contributed by atoms with Crippen molar-refractivity contribution in [3.63, 3.8) is 0 Å². The van der Waals surface area contributed by atoms with Crippen molar-refractivity contribution >= 4 is 17.5 Å². The van der Waals surface area contributed by atoms with Gasteiger partial charge in [0.05, 0.1) is 0 Å². The highest BCUT2D eigenvalue weighted by molar-refractivity contribution is 6.30. The summed E-state index contributed by atoms with van der Waals surface area (Å²) < 4.78 is 0. The summed E-state index contributed by atoms with van der Waals surface area (Å²) in [5.41, 5.74) is 0.947. The van der Waals surface area contributed by atoms with Crippen molar-refractivity contribution in [2.75, 3.05) is 13.2 Å². The maximum atomic E-state index is 11.9. The normalized spacial score (nSPS) is 10.9. The van der Waals surface area contributed by atoms with Crippen LogP contribution in [-0.2, 0) is 11.3 Å². The van der Waals surface area contributed by atoms with Crippen LogP contribution in [0.25, 0.3) is 0 Å². The number of hydrogen-bond acceptors (Lipinski definition) is 4. The average molecular weight is 322 g/mol. The number of nitriles is 1.